The Balaban J connectivity index is 4.50. The summed E-state index contributed by atoms with van der Waals surface area (Å²) in [7, 11) is -2.33. The Morgan fingerprint density at radius 1 is 0.579 bits per heavy atom. The minimum absolute atomic E-state index is 1.17. The summed E-state index contributed by atoms with van der Waals surface area (Å²) in [5.74, 6) is 0. The summed E-state index contributed by atoms with van der Waals surface area (Å²) in [6.45, 7) is 13.9. The van der Waals surface area contributed by atoms with Crippen molar-refractivity contribution in [3.63, 3.8) is 0 Å². The summed E-state index contributed by atoms with van der Waals surface area (Å²) in [5.41, 5.74) is 4.79. The molecule has 0 saturated heterocycles. The van der Waals surface area contributed by atoms with E-state index in [9.17, 15) is 0 Å². The van der Waals surface area contributed by atoms with Crippen molar-refractivity contribution in [2.75, 3.05) is 0 Å². The molecule has 0 aliphatic rings. The molecule has 0 aromatic carbocycles. The van der Waals surface area contributed by atoms with Crippen LogP contribution in [-0.2, 0) is 4.74 Å². The van der Waals surface area contributed by atoms with Gasteiger partial charge in [0.2, 0.25) is 0 Å². The minimum atomic E-state index is -1.17. The van der Waals surface area contributed by atoms with Crippen LogP contribution in [0.1, 0.15) is 41.5 Å². The van der Waals surface area contributed by atoms with Gasteiger partial charge in [-0.05, 0) is 0 Å². The van der Waals surface area contributed by atoms with E-state index in [0.29, 0.717) is 0 Å². The lowest BCUT2D eigenvalue weighted by atomic mass is 10.9. The highest BCUT2D eigenvalue weighted by Crippen LogP contribution is 2.23. The highest BCUT2D eigenvalue weighted by atomic mass is 28.3. The van der Waals surface area contributed by atoms with E-state index < -0.39 is 16.1 Å². The molecule has 0 aliphatic heterocycles. The zero-order chi connectivity index (χ0) is 14.8. The standard InChI is InChI=1S/C16H34OSi2/c1-7-18(8-2,9-3)15-13-17-14-16-19(10-4,11-5)12-6/h13-16H,7-12H2,1-6H3. The van der Waals surface area contributed by atoms with Crippen molar-refractivity contribution in [2.24, 2.45) is 0 Å². The van der Waals surface area contributed by atoms with Crippen LogP contribution in [0.25, 0.3) is 0 Å². The Labute approximate surface area is 123 Å². The van der Waals surface area contributed by atoms with Gasteiger partial charge in [-0.15, -0.1) is 0 Å². The summed E-state index contributed by atoms with van der Waals surface area (Å²) in [5, 5.41) is 0. The first-order valence-corrected chi connectivity index (χ1v) is 13.5. The van der Waals surface area contributed by atoms with Crippen molar-refractivity contribution < 1.29 is 4.74 Å². The summed E-state index contributed by atoms with van der Waals surface area (Å²) in [6, 6.07) is 7.92. The van der Waals surface area contributed by atoms with Gasteiger partial charge in [0.05, 0.1) is 28.7 Å². The van der Waals surface area contributed by atoms with Crippen LogP contribution in [0.3, 0.4) is 0 Å². The fraction of sp³-hybridized carbons (Fsp3) is 0.750. The van der Waals surface area contributed by atoms with Gasteiger partial charge in [-0.25, -0.2) is 0 Å². The second-order valence-electron chi connectivity index (χ2n) is 5.59. The fourth-order valence-corrected chi connectivity index (χ4v) is 7.77. The third kappa shape index (κ3) is 5.69. The van der Waals surface area contributed by atoms with Crippen LogP contribution in [-0.4, -0.2) is 16.1 Å². The van der Waals surface area contributed by atoms with Gasteiger partial charge in [0.1, 0.15) is 0 Å². The van der Waals surface area contributed by atoms with Gasteiger partial charge in [-0.3, -0.25) is 0 Å². The molecule has 0 radical (unpaired) electrons. The SMILES string of the molecule is CC[Si](C=COC=C[Si](CC)(CC)CC)(CC)CC. The van der Waals surface area contributed by atoms with E-state index >= 15 is 0 Å². The molecule has 0 fully saturated rings. The summed E-state index contributed by atoms with van der Waals surface area (Å²) < 4.78 is 5.66. The summed E-state index contributed by atoms with van der Waals surface area (Å²) in [6.07, 6.45) is 3.92. The van der Waals surface area contributed by atoms with E-state index in [1.165, 1.54) is 36.3 Å². The molecule has 112 valence electrons. The second kappa shape index (κ2) is 9.59. The normalized spacial score (nSPS) is 13.6. The predicted octanol–water partition coefficient (Wildman–Crippen LogP) is 6.13. The van der Waals surface area contributed by atoms with Gasteiger partial charge in [-0.2, -0.15) is 0 Å². The zero-order valence-corrected chi connectivity index (χ0v) is 16.0. The molecule has 0 aromatic heterocycles. The largest absolute Gasteiger partial charge is 0.474 e. The molecular weight excluding hydrogens is 264 g/mol. The van der Waals surface area contributed by atoms with Crippen molar-refractivity contribution in [1.82, 2.24) is 0 Å². The molecule has 0 atom stereocenters. The Kier molecular flexibility index (Phi) is 9.45. The second-order valence-corrected chi connectivity index (χ2v) is 15.9. The van der Waals surface area contributed by atoms with Gasteiger partial charge < -0.3 is 4.74 Å². The molecule has 3 heteroatoms. The average molecular weight is 299 g/mol. The van der Waals surface area contributed by atoms with E-state index in [4.69, 9.17) is 4.74 Å². The van der Waals surface area contributed by atoms with Crippen LogP contribution in [0.15, 0.2) is 23.9 Å². The summed E-state index contributed by atoms with van der Waals surface area (Å²) >= 11 is 0. The van der Waals surface area contributed by atoms with E-state index in [2.05, 4.69) is 52.9 Å². The average Bonchev–Trinajstić information content (AvgIpc) is 2.48. The Hall–Kier alpha value is -0.286. The molecule has 0 saturated carbocycles. The molecule has 0 N–H and O–H groups in total. The van der Waals surface area contributed by atoms with Crippen LogP contribution < -0.4 is 0 Å². The Bertz CT molecular complexity index is 232. The first-order valence-electron chi connectivity index (χ1n) is 8.08. The van der Waals surface area contributed by atoms with E-state index in [0.717, 1.165) is 0 Å². The van der Waals surface area contributed by atoms with Gasteiger partial charge in [0, 0.05) is 0 Å². The van der Waals surface area contributed by atoms with Gasteiger partial charge in [-0.1, -0.05) is 89.2 Å². The van der Waals surface area contributed by atoms with Crippen molar-refractivity contribution in [3.8, 4) is 0 Å². The highest BCUT2D eigenvalue weighted by molar-refractivity contribution is 6.84. The van der Waals surface area contributed by atoms with Crippen LogP contribution >= 0.6 is 0 Å². The summed E-state index contributed by atoms with van der Waals surface area (Å²) in [4.78, 5) is 0. The van der Waals surface area contributed by atoms with Crippen molar-refractivity contribution in [2.45, 2.75) is 77.8 Å². The molecule has 0 bridgehead atoms. The quantitative estimate of drug-likeness (QED) is 0.348. The Morgan fingerprint density at radius 2 is 0.842 bits per heavy atom. The highest BCUT2D eigenvalue weighted by Gasteiger charge is 2.24. The molecular formula is C16H34OSi2. The van der Waals surface area contributed by atoms with Gasteiger partial charge >= 0.3 is 0 Å². The maximum Gasteiger partial charge on any atom is 0.0823 e. The van der Waals surface area contributed by atoms with Crippen LogP contribution in [0.2, 0.25) is 36.3 Å². The third-order valence-electron chi connectivity index (χ3n) is 5.23. The van der Waals surface area contributed by atoms with E-state index in [1.54, 1.807) is 0 Å². The fourth-order valence-electron chi connectivity index (χ4n) is 2.62. The smallest absolute Gasteiger partial charge is 0.0823 e. The molecule has 0 aliphatic carbocycles. The van der Waals surface area contributed by atoms with Crippen LogP contribution in [0, 0.1) is 0 Å². The minimum Gasteiger partial charge on any atom is -0.474 e. The molecule has 0 spiro atoms. The Morgan fingerprint density at radius 3 is 1.05 bits per heavy atom. The van der Waals surface area contributed by atoms with E-state index in [1.807, 2.05) is 12.5 Å². The van der Waals surface area contributed by atoms with Crippen LogP contribution in [0.5, 0.6) is 0 Å². The lowest BCUT2D eigenvalue weighted by molar-refractivity contribution is 0.404. The first-order chi connectivity index (χ1) is 9.07. The topological polar surface area (TPSA) is 9.23 Å². The lowest BCUT2D eigenvalue weighted by Crippen LogP contribution is -2.29. The molecule has 0 unspecified atom stereocenters. The maximum atomic E-state index is 5.66. The maximum absolute atomic E-state index is 5.66. The number of rotatable bonds is 10. The third-order valence-corrected chi connectivity index (χ3v) is 15.4. The molecule has 1 nitrogen and oxygen atoms in total. The molecule has 0 amide bonds. The first kappa shape index (κ1) is 18.7. The van der Waals surface area contributed by atoms with Crippen molar-refractivity contribution >= 4 is 16.1 Å². The molecule has 0 rings (SSSR count). The van der Waals surface area contributed by atoms with Gasteiger partial charge in [0.15, 0.2) is 0 Å². The molecule has 0 heterocycles. The molecule has 19 heavy (non-hydrogen) atoms. The molecule has 0 aromatic rings. The van der Waals surface area contributed by atoms with Crippen molar-refractivity contribution in [1.29, 1.82) is 0 Å². The van der Waals surface area contributed by atoms with Crippen LogP contribution in [0.4, 0.5) is 0 Å². The monoisotopic (exact) mass is 298 g/mol. The number of hydrogen-bond acceptors (Lipinski definition) is 1. The van der Waals surface area contributed by atoms with E-state index in [-0.39, 0.29) is 0 Å². The van der Waals surface area contributed by atoms with Crippen molar-refractivity contribution in [3.05, 3.63) is 23.9 Å². The number of ether oxygens (including phenoxy) is 1. The lowest BCUT2D eigenvalue weighted by Gasteiger charge is -2.23. The zero-order valence-electron chi connectivity index (χ0n) is 14.0. The van der Waals surface area contributed by atoms with Gasteiger partial charge in [0.25, 0.3) is 0 Å². The number of hydrogen-bond donors (Lipinski definition) is 0. The predicted molar refractivity (Wildman–Crippen MR) is 93.8 cm³/mol.